The smallest absolute Gasteiger partial charge is 0.354 e. The molecule has 0 radical (unpaired) electrons. The van der Waals surface area contributed by atoms with Crippen molar-refractivity contribution in [1.29, 1.82) is 0 Å². The molecule has 0 aliphatic rings. The summed E-state index contributed by atoms with van der Waals surface area (Å²) in [6.07, 6.45) is -3.43. The van der Waals surface area contributed by atoms with Crippen molar-refractivity contribution in [3.05, 3.63) is 41.3 Å². The van der Waals surface area contributed by atoms with Crippen LogP contribution in [0.1, 0.15) is 18.1 Å². The first kappa shape index (κ1) is 15.2. The average molecular weight is 299 g/mol. The van der Waals surface area contributed by atoms with Crippen LogP contribution in [0.25, 0.3) is 11.3 Å². The lowest BCUT2D eigenvalue weighted by Crippen LogP contribution is -2.07. The van der Waals surface area contributed by atoms with Crippen molar-refractivity contribution in [3.63, 3.8) is 0 Å². The number of nitrogens with one attached hydrogen (secondary N) is 1. The van der Waals surface area contributed by atoms with Crippen molar-refractivity contribution in [2.45, 2.75) is 20.0 Å². The zero-order valence-electron chi connectivity index (χ0n) is 11.4. The Morgan fingerprint density at radius 2 is 1.95 bits per heavy atom. The molecule has 0 spiro atoms. The van der Waals surface area contributed by atoms with Gasteiger partial charge in [-0.25, -0.2) is 14.4 Å². The predicted molar refractivity (Wildman–Crippen MR) is 71.3 cm³/mol. The molecule has 1 aromatic heterocycles. The highest BCUT2D eigenvalue weighted by molar-refractivity contribution is 5.65. The van der Waals surface area contributed by atoms with Crippen molar-refractivity contribution in [3.8, 4) is 11.3 Å². The molecule has 2 rings (SSSR count). The second-order valence-corrected chi connectivity index (χ2v) is 4.45. The average Bonchev–Trinajstić information content (AvgIpc) is 2.40. The van der Waals surface area contributed by atoms with Gasteiger partial charge in [-0.05, 0) is 31.5 Å². The van der Waals surface area contributed by atoms with E-state index >= 15 is 0 Å². The Balaban J connectivity index is 2.49. The predicted octanol–water partition coefficient (Wildman–Crippen LogP) is 4.04. The maximum atomic E-state index is 13.8. The number of alkyl halides is 3. The van der Waals surface area contributed by atoms with Crippen molar-refractivity contribution < 1.29 is 17.6 Å². The molecule has 21 heavy (non-hydrogen) atoms. The normalized spacial score (nSPS) is 11.5. The fourth-order valence-corrected chi connectivity index (χ4v) is 1.90. The Bertz CT molecular complexity index is 653. The molecule has 0 aliphatic heterocycles. The molecule has 3 nitrogen and oxygen atoms in total. The Kier molecular flexibility index (Phi) is 4.11. The lowest BCUT2D eigenvalue weighted by Gasteiger charge is -2.12. The molecule has 0 saturated carbocycles. The van der Waals surface area contributed by atoms with E-state index in [1.54, 1.807) is 0 Å². The van der Waals surface area contributed by atoms with Crippen LogP contribution in [0.2, 0.25) is 0 Å². The molecule has 0 saturated heterocycles. The van der Waals surface area contributed by atoms with Crippen molar-refractivity contribution >= 4 is 5.95 Å². The summed E-state index contributed by atoms with van der Waals surface area (Å²) in [4.78, 5) is 7.77. The monoisotopic (exact) mass is 299 g/mol. The van der Waals surface area contributed by atoms with Gasteiger partial charge in [-0.2, -0.15) is 13.2 Å². The topological polar surface area (TPSA) is 37.8 Å². The maximum absolute atomic E-state index is 13.8. The van der Waals surface area contributed by atoms with E-state index < -0.39 is 17.6 Å². The summed E-state index contributed by atoms with van der Waals surface area (Å²) in [5.41, 5.74) is -0.191. The van der Waals surface area contributed by atoms with E-state index in [9.17, 15) is 17.6 Å². The number of aromatic nitrogens is 2. The molecule has 7 heteroatoms. The summed E-state index contributed by atoms with van der Waals surface area (Å²) in [6.45, 7) is 3.87. The molecular weight excluding hydrogens is 286 g/mol. The largest absolute Gasteiger partial charge is 0.416 e. The molecule has 0 aliphatic carbocycles. The van der Waals surface area contributed by atoms with Gasteiger partial charge in [-0.1, -0.05) is 6.07 Å². The number of hydrogen-bond donors (Lipinski definition) is 1. The number of rotatable bonds is 3. The highest BCUT2D eigenvalue weighted by atomic mass is 19.4. The third-order valence-electron chi connectivity index (χ3n) is 2.89. The van der Waals surface area contributed by atoms with Gasteiger partial charge in [0.05, 0.1) is 11.8 Å². The van der Waals surface area contributed by atoms with Gasteiger partial charge in [-0.3, -0.25) is 0 Å². The van der Waals surface area contributed by atoms with Gasteiger partial charge in [0.25, 0.3) is 0 Å². The number of hydrogen-bond acceptors (Lipinski definition) is 3. The van der Waals surface area contributed by atoms with Crippen LogP contribution < -0.4 is 5.32 Å². The molecule has 1 aromatic carbocycles. The molecule has 2 aromatic rings. The van der Waals surface area contributed by atoms with Crippen LogP contribution >= 0.6 is 0 Å². The fraction of sp³-hybridized carbons (Fsp3) is 0.286. The van der Waals surface area contributed by atoms with Crippen LogP contribution in [0, 0.1) is 12.7 Å². The number of nitrogens with zero attached hydrogens (tertiary/aromatic N) is 2. The lowest BCUT2D eigenvalue weighted by molar-refractivity contribution is -0.137. The van der Waals surface area contributed by atoms with Gasteiger partial charge in [-0.15, -0.1) is 0 Å². The second-order valence-electron chi connectivity index (χ2n) is 4.45. The van der Waals surface area contributed by atoms with Crippen molar-refractivity contribution in [2.24, 2.45) is 0 Å². The summed E-state index contributed by atoms with van der Waals surface area (Å²) >= 11 is 0. The van der Waals surface area contributed by atoms with Gasteiger partial charge in [0.15, 0.2) is 5.82 Å². The van der Waals surface area contributed by atoms with E-state index in [4.69, 9.17) is 0 Å². The van der Waals surface area contributed by atoms with Crippen LogP contribution in [0.15, 0.2) is 24.4 Å². The summed E-state index contributed by atoms with van der Waals surface area (Å²) in [5.74, 6) is -0.451. The molecule has 0 bridgehead atoms. The molecule has 1 heterocycles. The van der Waals surface area contributed by atoms with Crippen molar-refractivity contribution in [1.82, 2.24) is 9.97 Å². The van der Waals surface area contributed by atoms with Gasteiger partial charge in [0, 0.05) is 12.1 Å². The summed E-state index contributed by atoms with van der Waals surface area (Å²) in [5, 5.41) is 2.83. The van der Waals surface area contributed by atoms with Gasteiger partial charge in [0.2, 0.25) is 5.95 Å². The van der Waals surface area contributed by atoms with E-state index in [1.165, 1.54) is 13.0 Å². The zero-order valence-corrected chi connectivity index (χ0v) is 11.4. The van der Waals surface area contributed by atoms with Crippen LogP contribution in [0.3, 0.4) is 0 Å². The fourth-order valence-electron chi connectivity index (χ4n) is 1.90. The van der Waals surface area contributed by atoms with Crippen LogP contribution in [-0.2, 0) is 6.18 Å². The number of halogens is 4. The first-order valence-electron chi connectivity index (χ1n) is 6.27. The van der Waals surface area contributed by atoms with Crippen LogP contribution in [0.4, 0.5) is 23.5 Å². The van der Waals surface area contributed by atoms with Gasteiger partial charge in [0.1, 0.15) is 5.69 Å². The third kappa shape index (κ3) is 3.29. The Morgan fingerprint density at radius 1 is 1.24 bits per heavy atom. The summed E-state index contributed by atoms with van der Waals surface area (Å²) in [7, 11) is 0. The quantitative estimate of drug-likeness (QED) is 0.869. The van der Waals surface area contributed by atoms with Crippen LogP contribution in [-0.4, -0.2) is 16.5 Å². The first-order valence-corrected chi connectivity index (χ1v) is 6.27. The Hall–Kier alpha value is -2.18. The van der Waals surface area contributed by atoms with Gasteiger partial charge < -0.3 is 5.32 Å². The van der Waals surface area contributed by atoms with Gasteiger partial charge >= 0.3 is 6.18 Å². The minimum atomic E-state index is -4.43. The third-order valence-corrected chi connectivity index (χ3v) is 2.89. The molecule has 0 fully saturated rings. The highest BCUT2D eigenvalue weighted by Gasteiger charge is 2.30. The second kappa shape index (κ2) is 5.67. The van der Waals surface area contributed by atoms with E-state index in [2.05, 4.69) is 15.3 Å². The van der Waals surface area contributed by atoms with E-state index in [-0.39, 0.29) is 11.6 Å². The number of aryl methyl sites for hydroxylation is 1. The van der Waals surface area contributed by atoms with E-state index in [0.29, 0.717) is 17.7 Å². The number of benzene rings is 1. The van der Waals surface area contributed by atoms with E-state index in [0.717, 1.165) is 18.3 Å². The molecule has 0 atom stereocenters. The maximum Gasteiger partial charge on any atom is 0.416 e. The minimum absolute atomic E-state index is 0.0211. The zero-order chi connectivity index (χ0) is 15.6. The lowest BCUT2D eigenvalue weighted by atomic mass is 10.0. The molecule has 1 N–H and O–H groups in total. The standard InChI is InChI=1S/C14H13F4N3/c1-3-19-13-20-7-11(15)12(21-13)10-5-4-9(6-8(10)2)14(16,17)18/h4-7H,3H2,1-2H3,(H,19,20,21). The Morgan fingerprint density at radius 3 is 2.52 bits per heavy atom. The highest BCUT2D eigenvalue weighted by Crippen LogP contribution is 2.33. The number of anilines is 1. The summed E-state index contributed by atoms with van der Waals surface area (Å²) < 4.78 is 51.7. The SMILES string of the molecule is CCNc1ncc(F)c(-c2ccc(C(F)(F)F)cc2C)n1. The molecule has 0 amide bonds. The van der Waals surface area contributed by atoms with Crippen LogP contribution in [0.5, 0.6) is 0 Å². The minimum Gasteiger partial charge on any atom is -0.354 e. The Labute approximate surface area is 119 Å². The van der Waals surface area contributed by atoms with Crippen molar-refractivity contribution in [2.75, 3.05) is 11.9 Å². The molecule has 0 unspecified atom stereocenters. The summed E-state index contributed by atoms with van der Waals surface area (Å²) in [6, 6.07) is 3.11. The molecule has 112 valence electrons. The first-order chi connectivity index (χ1) is 9.82. The molecular formula is C14H13F4N3. The van der Waals surface area contributed by atoms with E-state index in [1.807, 2.05) is 6.92 Å².